The van der Waals surface area contributed by atoms with Gasteiger partial charge in [0, 0.05) is 65.4 Å². The Kier molecular flexibility index (Phi) is 16.2. The highest BCUT2D eigenvalue weighted by Gasteiger charge is 2.33. The molecule has 392 valence electrons. The number of nitrogens with zero attached hydrogens (tertiary/aromatic N) is 12. The number of rotatable bonds is 14. The van der Waals surface area contributed by atoms with Gasteiger partial charge in [-0.05, 0) is 127 Å². The van der Waals surface area contributed by atoms with Gasteiger partial charge in [-0.15, -0.1) is 10.2 Å². The number of hydrogen-bond acceptors (Lipinski definition) is 10. The lowest BCUT2D eigenvalue weighted by molar-refractivity contribution is 0.113. The van der Waals surface area contributed by atoms with E-state index in [1.54, 1.807) is 0 Å². The third-order valence-corrected chi connectivity index (χ3v) is 15.4. The van der Waals surface area contributed by atoms with Gasteiger partial charge in [0.2, 0.25) is 0 Å². The second kappa shape index (κ2) is 24.4. The summed E-state index contributed by atoms with van der Waals surface area (Å²) >= 11 is 0. The second-order valence-electron chi connectivity index (χ2n) is 20.7. The summed E-state index contributed by atoms with van der Waals surface area (Å²) in [5, 5.41) is 31.6. The first-order valence-electron chi connectivity index (χ1n) is 27.4. The van der Waals surface area contributed by atoms with E-state index in [-0.39, 0.29) is 12.1 Å². The van der Waals surface area contributed by atoms with Gasteiger partial charge in [0.15, 0.2) is 11.6 Å². The lowest BCUT2D eigenvalue weighted by Crippen LogP contribution is -2.48. The Morgan fingerprint density at radius 1 is 0.385 bits per heavy atom. The predicted octanol–water partition coefficient (Wildman–Crippen LogP) is 11.7. The maximum atomic E-state index is 4.64. The molecule has 2 aliphatic heterocycles. The molecule has 0 spiro atoms. The average molecular weight is 1030 g/mol. The van der Waals surface area contributed by atoms with Crippen molar-refractivity contribution in [2.45, 2.75) is 39.8 Å². The Balaban J connectivity index is 0.000000165. The maximum absolute atomic E-state index is 4.64. The van der Waals surface area contributed by atoms with E-state index in [1.165, 1.54) is 43.8 Å². The quantitative estimate of drug-likeness (QED) is 0.105. The van der Waals surface area contributed by atoms with E-state index in [0.717, 1.165) is 111 Å². The van der Waals surface area contributed by atoms with Crippen LogP contribution in [0.4, 0.5) is 0 Å². The fourth-order valence-electron chi connectivity index (χ4n) is 11.3. The van der Waals surface area contributed by atoms with E-state index in [2.05, 4.69) is 285 Å². The largest absolute Gasteiger partial charge is 0.297 e. The number of hydrogen-bond donors (Lipinski definition) is 0. The Morgan fingerprint density at radius 3 is 1.13 bits per heavy atom. The summed E-state index contributed by atoms with van der Waals surface area (Å²) in [5.41, 5.74) is 11.7. The Morgan fingerprint density at radius 2 is 0.744 bits per heavy atom. The van der Waals surface area contributed by atoms with Crippen LogP contribution in [-0.2, 0) is 0 Å². The standard InChI is InChI=1S/2C33H34N6/c2*1-25-10-8-11-26(2)31(25)39-33(34-35-36-39)32(30-18-17-28-15-6-7-16-29(28)24-30)38-22-20-37(21-23-38)19-9-14-27-12-4-3-5-13-27/h2*3-18,24,32H,19-23H2,1-2H3/b2*14-9+/t2*32-/m10/s1. The topological polar surface area (TPSA) is 100 Å². The van der Waals surface area contributed by atoms with Crippen molar-refractivity contribution in [3.63, 3.8) is 0 Å². The normalized spacial score (nSPS) is 15.7. The zero-order valence-electron chi connectivity index (χ0n) is 45.2. The molecule has 0 saturated carbocycles. The zero-order valence-corrected chi connectivity index (χ0v) is 45.2. The number of aromatic nitrogens is 8. The van der Waals surface area contributed by atoms with Crippen LogP contribution in [0.3, 0.4) is 0 Å². The smallest absolute Gasteiger partial charge is 0.178 e. The van der Waals surface area contributed by atoms with E-state index in [1.807, 2.05) is 9.36 Å². The molecular formula is C66H68N12. The fourth-order valence-corrected chi connectivity index (χ4v) is 11.3. The van der Waals surface area contributed by atoms with Crippen molar-refractivity contribution in [3.8, 4) is 11.4 Å². The van der Waals surface area contributed by atoms with Crippen molar-refractivity contribution in [2.75, 3.05) is 65.4 Å². The van der Waals surface area contributed by atoms with Gasteiger partial charge in [0.1, 0.15) is 0 Å². The van der Waals surface area contributed by atoms with Crippen molar-refractivity contribution < 1.29 is 0 Å². The first-order valence-corrected chi connectivity index (χ1v) is 27.4. The van der Waals surface area contributed by atoms with Crippen molar-refractivity contribution in [2.24, 2.45) is 0 Å². The molecule has 12 nitrogen and oxygen atoms in total. The highest BCUT2D eigenvalue weighted by Crippen LogP contribution is 2.35. The highest BCUT2D eigenvalue weighted by molar-refractivity contribution is 5.84. The molecule has 2 fully saturated rings. The number of aryl methyl sites for hydroxylation is 4. The van der Waals surface area contributed by atoms with Crippen molar-refractivity contribution in [1.82, 2.24) is 60.0 Å². The number of tetrazole rings is 2. The van der Waals surface area contributed by atoms with E-state index in [9.17, 15) is 0 Å². The summed E-state index contributed by atoms with van der Waals surface area (Å²) in [7, 11) is 0. The van der Waals surface area contributed by atoms with Gasteiger partial charge in [-0.25, -0.2) is 0 Å². The molecule has 0 unspecified atom stereocenters. The summed E-state index contributed by atoms with van der Waals surface area (Å²) in [4.78, 5) is 10.1. The predicted molar refractivity (Wildman–Crippen MR) is 316 cm³/mol. The molecule has 78 heavy (non-hydrogen) atoms. The van der Waals surface area contributed by atoms with E-state index in [0.29, 0.717) is 0 Å². The van der Waals surface area contributed by atoms with Crippen LogP contribution in [0.15, 0.2) is 194 Å². The minimum absolute atomic E-state index is 0.0503. The van der Waals surface area contributed by atoms with E-state index in [4.69, 9.17) is 0 Å². The molecule has 10 aromatic rings. The Bertz CT molecular complexity index is 3360. The van der Waals surface area contributed by atoms with E-state index >= 15 is 0 Å². The molecule has 2 saturated heterocycles. The molecule has 2 aliphatic rings. The zero-order chi connectivity index (χ0) is 53.2. The lowest BCUT2D eigenvalue weighted by Gasteiger charge is -2.38. The van der Waals surface area contributed by atoms with Crippen LogP contribution in [0, 0.1) is 27.7 Å². The molecule has 0 amide bonds. The molecule has 8 aromatic carbocycles. The second-order valence-corrected chi connectivity index (χ2v) is 20.7. The van der Waals surface area contributed by atoms with E-state index < -0.39 is 0 Å². The molecule has 4 heterocycles. The Labute approximate surface area is 458 Å². The van der Waals surface area contributed by atoms with Gasteiger partial charge < -0.3 is 0 Å². The van der Waals surface area contributed by atoms with Crippen LogP contribution in [0.1, 0.15) is 68.2 Å². The molecule has 12 heteroatoms. The summed E-state index contributed by atoms with van der Waals surface area (Å²) in [6.07, 6.45) is 8.96. The van der Waals surface area contributed by atoms with Crippen molar-refractivity contribution in [3.05, 3.63) is 250 Å². The first kappa shape index (κ1) is 51.8. The molecule has 0 aliphatic carbocycles. The summed E-state index contributed by atoms with van der Waals surface area (Å²) in [6.45, 7) is 18.1. The molecule has 0 radical (unpaired) electrons. The van der Waals surface area contributed by atoms with Gasteiger partial charge in [0.25, 0.3) is 0 Å². The number of para-hydroxylation sites is 2. The monoisotopic (exact) mass is 1030 g/mol. The third-order valence-electron chi connectivity index (χ3n) is 15.4. The fraction of sp³-hybridized carbons (Fsp3) is 0.242. The lowest BCUT2D eigenvalue weighted by atomic mass is 9.99. The van der Waals surface area contributed by atoms with Crippen molar-refractivity contribution >= 4 is 33.7 Å². The van der Waals surface area contributed by atoms with Crippen LogP contribution >= 0.6 is 0 Å². The van der Waals surface area contributed by atoms with Crippen LogP contribution in [0.5, 0.6) is 0 Å². The van der Waals surface area contributed by atoms with Gasteiger partial charge in [0.05, 0.1) is 23.5 Å². The number of fused-ring (bicyclic) bond motifs is 2. The third kappa shape index (κ3) is 11.8. The first-order chi connectivity index (χ1) is 38.3. The summed E-state index contributed by atoms with van der Waals surface area (Å²) < 4.78 is 3.92. The summed E-state index contributed by atoms with van der Waals surface area (Å²) in [6, 6.07) is 64.2. The van der Waals surface area contributed by atoms with Gasteiger partial charge in [-0.1, -0.05) is 194 Å². The molecule has 2 aromatic heterocycles. The number of benzene rings is 8. The van der Waals surface area contributed by atoms with Crippen LogP contribution in [-0.4, -0.2) is 125 Å². The maximum Gasteiger partial charge on any atom is 0.178 e. The van der Waals surface area contributed by atoms with Crippen LogP contribution < -0.4 is 0 Å². The van der Waals surface area contributed by atoms with Crippen LogP contribution in [0.25, 0.3) is 45.1 Å². The molecule has 0 N–H and O–H groups in total. The molecule has 2 atom stereocenters. The Hall–Kier alpha value is -8.26. The number of piperazine rings is 2. The van der Waals surface area contributed by atoms with Gasteiger partial charge >= 0.3 is 0 Å². The van der Waals surface area contributed by atoms with Crippen molar-refractivity contribution in [1.29, 1.82) is 0 Å². The minimum atomic E-state index is -0.0503. The summed E-state index contributed by atoms with van der Waals surface area (Å²) in [5.74, 6) is 1.72. The van der Waals surface area contributed by atoms with Gasteiger partial charge in [-0.2, -0.15) is 9.36 Å². The molecular weight excluding hydrogens is 961 g/mol. The highest BCUT2D eigenvalue weighted by atomic mass is 15.6. The SMILES string of the molecule is Cc1cccc(C)c1-n1nnnc1[C@@H](c1ccc2ccccc2c1)N1CCN(C/C=C/c2ccccc2)CC1.Cc1cccc(C)c1-n1nnnc1[C@H](c1ccc2ccccc2c1)N1CCN(C/C=C/c2ccccc2)CC1. The minimum Gasteiger partial charge on any atom is -0.297 e. The van der Waals surface area contributed by atoms with Crippen LogP contribution in [0.2, 0.25) is 0 Å². The molecule has 12 rings (SSSR count). The van der Waals surface area contributed by atoms with Gasteiger partial charge in [-0.3, -0.25) is 19.6 Å². The molecule has 0 bridgehead atoms. The average Bonchev–Trinajstić information content (AvgIpc) is 4.19.